The topological polar surface area (TPSA) is 84.1 Å². The van der Waals surface area contributed by atoms with Gasteiger partial charge < -0.3 is 14.6 Å². The number of ether oxygens (including phenoxy) is 1. The van der Waals surface area contributed by atoms with Gasteiger partial charge >= 0.3 is 5.97 Å². The van der Waals surface area contributed by atoms with Crippen molar-refractivity contribution >= 4 is 34.5 Å². The zero-order valence-electron chi connectivity index (χ0n) is 19.8. The number of anilines is 1. The highest BCUT2D eigenvalue weighted by molar-refractivity contribution is 6.11. The Labute approximate surface area is 204 Å². The van der Waals surface area contributed by atoms with Gasteiger partial charge in [0.2, 0.25) is 0 Å². The fraction of sp³-hybridized carbons (Fsp3) is 0.138. The Morgan fingerprint density at radius 3 is 2.60 bits per heavy atom. The summed E-state index contributed by atoms with van der Waals surface area (Å²) in [6.07, 6.45) is 3.53. The Kier molecular flexibility index (Phi) is 6.79. The molecule has 1 N–H and O–H groups in total. The summed E-state index contributed by atoms with van der Waals surface area (Å²) < 4.78 is 6.87. The molecular formula is C29H25N3O3. The van der Waals surface area contributed by atoms with E-state index >= 15 is 0 Å². The van der Waals surface area contributed by atoms with Gasteiger partial charge in [-0.2, -0.15) is 5.26 Å². The number of amides is 1. The van der Waals surface area contributed by atoms with Crippen LogP contribution >= 0.6 is 0 Å². The van der Waals surface area contributed by atoms with Crippen LogP contribution < -0.4 is 5.32 Å². The van der Waals surface area contributed by atoms with Crippen molar-refractivity contribution in [1.29, 1.82) is 5.26 Å². The van der Waals surface area contributed by atoms with Gasteiger partial charge in [-0.3, -0.25) is 4.79 Å². The minimum Gasteiger partial charge on any atom is -0.465 e. The number of hydrogen-bond donors (Lipinski definition) is 1. The van der Waals surface area contributed by atoms with Gasteiger partial charge in [0.1, 0.15) is 11.6 Å². The van der Waals surface area contributed by atoms with Crippen LogP contribution in [0, 0.1) is 25.2 Å². The second-order valence-electron chi connectivity index (χ2n) is 8.29. The maximum Gasteiger partial charge on any atom is 0.337 e. The summed E-state index contributed by atoms with van der Waals surface area (Å²) in [4.78, 5) is 24.8. The average Bonchev–Trinajstić information content (AvgIpc) is 3.21. The number of hydrogen-bond acceptors (Lipinski definition) is 4. The van der Waals surface area contributed by atoms with E-state index in [1.165, 1.54) is 7.11 Å². The molecule has 0 saturated heterocycles. The van der Waals surface area contributed by atoms with Crippen LogP contribution in [0.1, 0.15) is 32.6 Å². The number of carbonyl (C=O) groups excluding carboxylic acids is 2. The van der Waals surface area contributed by atoms with Crippen molar-refractivity contribution in [3.8, 4) is 6.07 Å². The van der Waals surface area contributed by atoms with Crippen molar-refractivity contribution in [1.82, 2.24) is 4.57 Å². The minimum absolute atomic E-state index is 0.0153. The standard InChI is InChI=1S/C29H25N3O3/c1-19-8-6-12-26(20(19)2)31-28(33)23(16-30)15-24-18-32(27-13-5-4-11-25(24)27)17-21-9-7-10-22(14-21)29(34)35-3/h4-15,18H,17H2,1-3H3,(H,31,33)/b23-15-. The van der Waals surface area contributed by atoms with Crippen LogP contribution in [-0.4, -0.2) is 23.6 Å². The molecule has 0 radical (unpaired) electrons. The molecule has 0 unspecified atom stereocenters. The molecule has 0 aliphatic rings. The number of esters is 1. The Bertz CT molecular complexity index is 1510. The molecule has 174 valence electrons. The molecule has 35 heavy (non-hydrogen) atoms. The predicted octanol–water partition coefficient (Wildman–Crippen LogP) is 5.64. The first-order valence-corrected chi connectivity index (χ1v) is 11.2. The number of carbonyl (C=O) groups is 2. The van der Waals surface area contributed by atoms with E-state index in [-0.39, 0.29) is 11.5 Å². The number of rotatable bonds is 6. The zero-order chi connectivity index (χ0) is 24.9. The Hall–Kier alpha value is -4.63. The third-order valence-electron chi connectivity index (χ3n) is 6.04. The Balaban J connectivity index is 1.68. The van der Waals surface area contributed by atoms with E-state index in [1.807, 2.05) is 85.3 Å². The van der Waals surface area contributed by atoms with Gasteiger partial charge in [0.15, 0.2) is 0 Å². The molecule has 0 aliphatic heterocycles. The molecule has 0 bridgehead atoms. The largest absolute Gasteiger partial charge is 0.465 e. The molecule has 4 aromatic rings. The van der Waals surface area contributed by atoms with Gasteiger partial charge in [0.25, 0.3) is 5.91 Å². The van der Waals surface area contributed by atoms with E-state index < -0.39 is 5.91 Å². The van der Waals surface area contributed by atoms with Crippen LogP contribution in [0.5, 0.6) is 0 Å². The number of methoxy groups -OCH3 is 1. The number of aromatic nitrogens is 1. The van der Waals surface area contributed by atoms with E-state index in [4.69, 9.17) is 4.74 Å². The molecule has 6 heteroatoms. The number of fused-ring (bicyclic) bond motifs is 1. The van der Waals surface area contributed by atoms with Crippen molar-refractivity contribution in [2.45, 2.75) is 20.4 Å². The molecule has 0 saturated carbocycles. The summed E-state index contributed by atoms with van der Waals surface area (Å²) in [5.74, 6) is -0.842. The van der Waals surface area contributed by atoms with Crippen LogP contribution in [0.25, 0.3) is 17.0 Å². The monoisotopic (exact) mass is 463 g/mol. The van der Waals surface area contributed by atoms with Crippen molar-refractivity contribution in [2.24, 2.45) is 0 Å². The molecule has 1 aromatic heterocycles. The maximum atomic E-state index is 12.9. The highest BCUT2D eigenvalue weighted by Crippen LogP contribution is 2.26. The van der Waals surface area contributed by atoms with Crippen LogP contribution in [0.2, 0.25) is 0 Å². The highest BCUT2D eigenvalue weighted by atomic mass is 16.5. The SMILES string of the molecule is COC(=O)c1cccc(Cn2cc(/C=C(/C#N)C(=O)Nc3cccc(C)c3C)c3ccccc32)c1. The van der Waals surface area contributed by atoms with E-state index in [0.717, 1.165) is 33.2 Å². The lowest BCUT2D eigenvalue weighted by molar-refractivity contribution is -0.112. The normalized spacial score (nSPS) is 11.2. The van der Waals surface area contributed by atoms with E-state index in [2.05, 4.69) is 5.32 Å². The van der Waals surface area contributed by atoms with E-state index in [9.17, 15) is 14.9 Å². The maximum absolute atomic E-state index is 12.9. The van der Waals surface area contributed by atoms with Crippen molar-refractivity contribution in [3.63, 3.8) is 0 Å². The second kappa shape index (κ2) is 10.1. The number of nitrogens with zero attached hydrogens (tertiary/aromatic N) is 2. The lowest BCUT2D eigenvalue weighted by Gasteiger charge is -2.09. The summed E-state index contributed by atoms with van der Waals surface area (Å²) in [6.45, 7) is 4.42. The van der Waals surface area contributed by atoms with Crippen LogP contribution in [0.4, 0.5) is 5.69 Å². The number of nitrogens with one attached hydrogen (secondary N) is 1. The third kappa shape index (κ3) is 4.99. The molecule has 1 amide bonds. The molecule has 1 heterocycles. The number of benzene rings is 3. The van der Waals surface area contributed by atoms with Crippen LogP contribution in [-0.2, 0) is 16.1 Å². The van der Waals surface area contributed by atoms with Gasteiger partial charge in [-0.1, -0.05) is 42.5 Å². The quantitative estimate of drug-likeness (QED) is 0.228. The van der Waals surface area contributed by atoms with Crippen molar-refractivity contribution < 1.29 is 14.3 Å². The van der Waals surface area contributed by atoms with E-state index in [1.54, 1.807) is 18.2 Å². The molecule has 3 aromatic carbocycles. The number of para-hydroxylation sites is 1. The first kappa shape index (κ1) is 23.5. The first-order valence-electron chi connectivity index (χ1n) is 11.2. The molecular weight excluding hydrogens is 438 g/mol. The Morgan fingerprint density at radius 2 is 1.83 bits per heavy atom. The summed E-state index contributed by atoms with van der Waals surface area (Å²) >= 11 is 0. The van der Waals surface area contributed by atoms with Gasteiger partial charge in [-0.25, -0.2) is 4.79 Å². The fourth-order valence-electron chi connectivity index (χ4n) is 4.01. The predicted molar refractivity (Wildman–Crippen MR) is 137 cm³/mol. The number of aryl methyl sites for hydroxylation is 1. The van der Waals surface area contributed by atoms with Gasteiger partial charge in [0, 0.05) is 34.9 Å². The summed E-state index contributed by atoms with van der Waals surface area (Å²) in [6, 6.07) is 22.8. The molecule has 0 fully saturated rings. The summed E-state index contributed by atoms with van der Waals surface area (Å²) in [7, 11) is 1.36. The second-order valence-corrected chi connectivity index (χ2v) is 8.29. The summed E-state index contributed by atoms with van der Waals surface area (Å²) in [5, 5.41) is 13.5. The average molecular weight is 464 g/mol. The molecule has 0 aliphatic carbocycles. The van der Waals surface area contributed by atoms with Crippen molar-refractivity contribution in [2.75, 3.05) is 12.4 Å². The molecule has 6 nitrogen and oxygen atoms in total. The fourth-order valence-corrected chi connectivity index (χ4v) is 4.01. The smallest absolute Gasteiger partial charge is 0.337 e. The Morgan fingerprint density at radius 1 is 1.06 bits per heavy atom. The third-order valence-corrected chi connectivity index (χ3v) is 6.04. The minimum atomic E-state index is -0.455. The van der Waals surface area contributed by atoms with Gasteiger partial charge in [-0.05, 0) is 60.9 Å². The van der Waals surface area contributed by atoms with Gasteiger partial charge in [-0.15, -0.1) is 0 Å². The molecule has 4 rings (SSSR count). The highest BCUT2D eigenvalue weighted by Gasteiger charge is 2.14. The lowest BCUT2D eigenvalue weighted by atomic mass is 10.1. The summed E-state index contributed by atoms with van der Waals surface area (Å²) in [5.41, 5.74) is 5.85. The van der Waals surface area contributed by atoms with Gasteiger partial charge in [0.05, 0.1) is 12.7 Å². The van der Waals surface area contributed by atoms with E-state index in [0.29, 0.717) is 17.8 Å². The first-order chi connectivity index (χ1) is 16.9. The lowest BCUT2D eigenvalue weighted by Crippen LogP contribution is -2.14. The molecule has 0 spiro atoms. The van der Waals surface area contributed by atoms with Crippen LogP contribution in [0.3, 0.4) is 0 Å². The molecule has 0 atom stereocenters. The number of nitriles is 1. The zero-order valence-corrected chi connectivity index (χ0v) is 19.8. The van der Waals surface area contributed by atoms with Crippen molar-refractivity contribution in [3.05, 3.63) is 106 Å². The van der Waals surface area contributed by atoms with Crippen LogP contribution in [0.15, 0.2) is 78.5 Å².